The number of H-pyrrole nitrogens is 1. The third-order valence-electron chi connectivity index (χ3n) is 2.66. The molecule has 1 aromatic carbocycles. The molecule has 2 rings (SSSR count). The standard InChI is InChI=1S/C14H15NO2/c1-17-14(16)10-8-12-7-9-13(15-12)11-5-3-2-4-6-11/h2-7,9,15H,8,10H2,1H3. The SMILES string of the molecule is COC(=O)CCc1ccc(-c2ccccc2)[nH]1. The predicted molar refractivity (Wildman–Crippen MR) is 66.6 cm³/mol. The van der Waals surface area contributed by atoms with Crippen LogP contribution in [0.3, 0.4) is 0 Å². The molecule has 0 spiro atoms. The first-order valence-corrected chi connectivity index (χ1v) is 5.59. The molecule has 0 amide bonds. The summed E-state index contributed by atoms with van der Waals surface area (Å²) in [5.74, 6) is -0.180. The van der Waals surface area contributed by atoms with Gasteiger partial charge >= 0.3 is 5.97 Å². The Bertz CT molecular complexity index is 488. The van der Waals surface area contributed by atoms with E-state index >= 15 is 0 Å². The monoisotopic (exact) mass is 229 g/mol. The van der Waals surface area contributed by atoms with E-state index in [-0.39, 0.29) is 5.97 Å². The van der Waals surface area contributed by atoms with Gasteiger partial charge in [0.2, 0.25) is 0 Å². The molecule has 0 atom stereocenters. The smallest absolute Gasteiger partial charge is 0.305 e. The first-order valence-electron chi connectivity index (χ1n) is 5.59. The van der Waals surface area contributed by atoms with Gasteiger partial charge in [-0.1, -0.05) is 30.3 Å². The number of rotatable bonds is 4. The Balaban J connectivity index is 2.04. The Kier molecular flexibility index (Phi) is 3.60. The summed E-state index contributed by atoms with van der Waals surface area (Å²) in [6.45, 7) is 0. The van der Waals surface area contributed by atoms with Gasteiger partial charge in [0.25, 0.3) is 0 Å². The quantitative estimate of drug-likeness (QED) is 0.819. The second-order valence-electron chi connectivity index (χ2n) is 3.84. The van der Waals surface area contributed by atoms with Crippen LogP contribution >= 0.6 is 0 Å². The van der Waals surface area contributed by atoms with Gasteiger partial charge in [-0.2, -0.15) is 0 Å². The van der Waals surface area contributed by atoms with E-state index in [2.05, 4.69) is 21.9 Å². The average Bonchev–Trinajstić information content (AvgIpc) is 2.86. The molecule has 3 nitrogen and oxygen atoms in total. The van der Waals surface area contributed by atoms with Crippen molar-refractivity contribution in [3.63, 3.8) is 0 Å². The van der Waals surface area contributed by atoms with Gasteiger partial charge in [0.05, 0.1) is 13.5 Å². The van der Waals surface area contributed by atoms with E-state index in [0.29, 0.717) is 12.8 Å². The van der Waals surface area contributed by atoms with Crippen LogP contribution in [-0.4, -0.2) is 18.1 Å². The fraction of sp³-hybridized carbons (Fsp3) is 0.214. The van der Waals surface area contributed by atoms with Crippen molar-refractivity contribution < 1.29 is 9.53 Å². The molecule has 1 heterocycles. The Morgan fingerprint density at radius 2 is 1.94 bits per heavy atom. The van der Waals surface area contributed by atoms with Gasteiger partial charge in [-0.05, 0) is 24.1 Å². The third kappa shape index (κ3) is 2.97. The van der Waals surface area contributed by atoms with Crippen LogP contribution in [0.1, 0.15) is 12.1 Å². The minimum atomic E-state index is -0.180. The molecule has 0 radical (unpaired) electrons. The van der Waals surface area contributed by atoms with Crippen molar-refractivity contribution in [2.75, 3.05) is 7.11 Å². The normalized spacial score (nSPS) is 10.2. The molecule has 0 fully saturated rings. The van der Waals surface area contributed by atoms with Gasteiger partial charge in [-0.15, -0.1) is 0 Å². The fourth-order valence-corrected chi connectivity index (χ4v) is 1.71. The maximum Gasteiger partial charge on any atom is 0.305 e. The number of benzene rings is 1. The number of methoxy groups -OCH3 is 1. The lowest BCUT2D eigenvalue weighted by Gasteiger charge is -1.99. The summed E-state index contributed by atoms with van der Waals surface area (Å²) in [5.41, 5.74) is 3.27. The van der Waals surface area contributed by atoms with Crippen molar-refractivity contribution in [2.45, 2.75) is 12.8 Å². The highest BCUT2D eigenvalue weighted by molar-refractivity contribution is 5.69. The number of aromatic nitrogens is 1. The molecule has 1 N–H and O–H groups in total. The van der Waals surface area contributed by atoms with Crippen LogP contribution < -0.4 is 0 Å². The maximum absolute atomic E-state index is 11.0. The summed E-state index contributed by atoms with van der Waals surface area (Å²) in [4.78, 5) is 14.3. The summed E-state index contributed by atoms with van der Waals surface area (Å²) >= 11 is 0. The van der Waals surface area contributed by atoms with Crippen molar-refractivity contribution in [2.24, 2.45) is 0 Å². The lowest BCUT2D eigenvalue weighted by atomic mass is 10.2. The molecule has 17 heavy (non-hydrogen) atoms. The highest BCUT2D eigenvalue weighted by atomic mass is 16.5. The highest BCUT2D eigenvalue weighted by Gasteiger charge is 2.04. The first kappa shape index (κ1) is 11.5. The van der Waals surface area contributed by atoms with Gasteiger partial charge in [0.15, 0.2) is 0 Å². The third-order valence-corrected chi connectivity index (χ3v) is 2.66. The van der Waals surface area contributed by atoms with E-state index in [1.807, 2.05) is 30.3 Å². The molecule has 3 heteroatoms. The van der Waals surface area contributed by atoms with E-state index in [1.54, 1.807) is 0 Å². The molecule has 0 unspecified atom stereocenters. The van der Waals surface area contributed by atoms with Crippen molar-refractivity contribution >= 4 is 5.97 Å². The minimum absolute atomic E-state index is 0.180. The van der Waals surface area contributed by atoms with Gasteiger partial charge in [0.1, 0.15) is 0 Å². The fourth-order valence-electron chi connectivity index (χ4n) is 1.71. The van der Waals surface area contributed by atoms with Crippen LogP contribution in [0.4, 0.5) is 0 Å². The molecule has 0 saturated carbocycles. The average molecular weight is 229 g/mol. The number of nitrogens with one attached hydrogen (secondary N) is 1. The van der Waals surface area contributed by atoms with Crippen LogP contribution in [0.2, 0.25) is 0 Å². The molecular weight excluding hydrogens is 214 g/mol. The molecule has 2 aromatic rings. The number of hydrogen-bond donors (Lipinski definition) is 1. The van der Waals surface area contributed by atoms with E-state index in [0.717, 1.165) is 17.0 Å². The molecular formula is C14H15NO2. The molecule has 0 bridgehead atoms. The van der Waals surface area contributed by atoms with Gasteiger partial charge in [-0.3, -0.25) is 4.79 Å². The lowest BCUT2D eigenvalue weighted by molar-refractivity contribution is -0.140. The Morgan fingerprint density at radius 3 is 2.65 bits per heavy atom. The first-order chi connectivity index (χ1) is 8.29. The molecule has 0 saturated heterocycles. The van der Waals surface area contributed by atoms with E-state index in [9.17, 15) is 4.79 Å². The van der Waals surface area contributed by atoms with E-state index in [4.69, 9.17) is 0 Å². The van der Waals surface area contributed by atoms with Crippen LogP contribution in [0.15, 0.2) is 42.5 Å². The second-order valence-corrected chi connectivity index (χ2v) is 3.84. The van der Waals surface area contributed by atoms with E-state index in [1.165, 1.54) is 7.11 Å². The number of carbonyl (C=O) groups is 1. The Hall–Kier alpha value is -2.03. The number of esters is 1. The number of carbonyl (C=O) groups excluding carboxylic acids is 1. The summed E-state index contributed by atoms with van der Waals surface area (Å²) in [6, 6.07) is 14.1. The van der Waals surface area contributed by atoms with Crippen molar-refractivity contribution in [3.05, 3.63) is 48.2 Å². The summed E-state index contributed by atoms with van der Waals surface area (Å²) in [7, 11) is 1.41. The van der Waals surface area contributed by atoms with E-state index < -0.39 is 0 Å². The maximum atomic E-state index is 11.0. The van der Waals surface area contributed by atoms with Gasteiger partial charge in [-0.25, -0.2) is 0 Å². The zero-order valence-electron chi connectivity index (χ0n) is 9.77. The molecule has 0 aliphatic heterocycles. The Morgan fingerprint density at radius 1 is 1.18 bits per heavy atom. The number of ether oxygens (including phenoxy) is 1. The number of hydrogen-bond acceptors (Lipinski definition) is 2. The molecule has 0 aliphatic rings. The number of aryl methyl sites for hydroxylation is 1. The van der Waals surface area contributed by atoms with Crippen LogP contribution in [-0.2, 0) is 16.0 Å². The molecule has 88 valence electrons. The van der Waals surface area contributed by atoms with Crippen LogP contribution in [0, 0.1) is 0 Å². The summed E-state index contributed by atoms with van der Waals surface area (Å²) in [5, 5.41) is 0. The summed E-state index contributed by atoms with van der Waals surface area (Å²) < 4.78 is 4.61. The van der Waals surface area contributed by atoms with Crippen molar-refractivity contribution in [3.8, 4) is 11.3 Å². The second kappa shape index (κ2) is 5.34. The highest BCUT2D eigenvalue weighted by Crippen LogP contribution is 2.18. The Labute approximate surface area is 100 Å². The van der Waals surface area contributed by atoms with Crippen LogP contribution in [0.25, 0.3) is 11.3 Å². The number of aromatic amines is 1. The topological polar surface area (TPSA) is 42.1 Å². The zero-order chi connectivity index (χ0) is 12.1. The van der Waals surface area contributed by atoms with Crippen molar-refractivity contribution in [1.82, 2.24) is 4.98 Å². The lowest BCUT2D eigenvalue weighted by Crippen LogP contribution is -2.01. The van der Waals surface area contributed by atoms with Gasteiger partial charge < -0.3 is 9.72 Å². The molecule has 1 aromatic heterocycles. The largest absolute Gasteiger partial charge is 0.469 e. The zero-order valence-corrected chi connectivity index (χ0v) is 9.77. The molecule has 0 aliphatic carbocycles. The summed E-state index contributed by atoms with van der Waals surface area (Å²) in [6.07, 6.45) is 1.09. The van der Waals surface area contributed by atoms with Gasteiger partial charge in [0, 0.05) is 11.4 Å². The van der Waals surface area contributed by atoms with Crippen LogP contribution in [0.5, 0.6) is 0 Å². The predicted octanol–water partition coefficient (Wildman–Crippen LogP) is 2.79. The minimum Gasteiger partial charge on any atom is -0.469 e. The van der Waals surface area contributed by atoms with Crippen molar-refractivity contribution in [1.29, 1.82) is 0 Å².